The largest absolute Gasteiger partial charge is 0.305 e. The van der Waals surface area contributed by atoms with Gasteiger partial charge in [-0.3, -0.25) is 0 Å². The third-order valence-corrected chi connectivity index (χ3v) is 21.1. The summed E-state index contributed by atoms with van der Waals surface area (Å²) in [6.07, 6.45) is 15.2. The molecule has 19 rings (SSSR count). The van der Waals surface area contributed by atoms with Gasteiger partial charge in [0.05, 0.1) is 0 Å². The first-order valence-electron chi connectivity index (χ1n) is 44.4. The second-order valence-corrected chi connectivity index (χ2v) is 33.6. The Morgan fingerprint density at radius 1 is 0.230 bits per heavy atom. The second-order valence-electron chi connectivity index (χ2n) is 33.6. The predicted octanol–water partition coefficient (Wildman–Crippen LogP) is 31.3. The van der Waals surface area contributed by atoms with Gasteiger partial charge in [0.1, 0.15) is 0 Å². The van der Waals surface area contributed by atoms with E-state index in [-0.39, 0.29) is 106 Å². The van der Waals surface area contributed by atoms with E-state index < -0.39 is 0 Å². The van der Waals surface area contributed by atoms with Crippen LogP contribution in [0.15, 0.2) is 432 Å². The molecular formula is C123H108Ir5N7-7. The van der Waals surface area contributed by atoms with Crippen LogP contribution in [-0.4, -0.2) is 34.9 Å². The van der Waals surface area contributed by atoms with Gasteiger partial charge in [0, 0.05) is 144 Å². The van der Waals surface area contributed by atoms with Crippen LogP contribution in [-0.2, 0) is 119 Å². The zero-order valence-electron chi connectivity index (χ0n) is 77.4. The van der Waals surface area contributed by atoms with Crippen molar-refractivity contribution in [3.8, 4) is 134 Å². The molecule has 0 aliphatic heterocycles. The van der Waals surface area contributed by atoms with Crippen LogP contribution < -0.4 is 0 Å². The normalized spacial score (nSPS) is 10.3. The van der Waals surface area contributed by atoms with Crippen LogP contribution in [0.25, 0.3) is 134 Å². The summed E-state index contributed by atoms with van der Waals surface area (Å²) in [4.78, 5) is 31.0. The van der Waals surface area contributed by atoms with E-state index in [2.05, 4.69) is 376 Å². The third-order valence-electron chi connectivity index (χ3n) is 21.1. The Morgan fingerprint density at radius 2 is 0.519 bits per heavy atom. The maximum absolute atomic E-state index is 4.53. The summed E-state index contributed by atoms with van der Waals surface area (Å²) < 4.78 is 0. The Hall–Kier alpha value is -12.1. The van der Waals surface area contributed by atoms with Crippen molar-refractivity contribution in [2.24, 2.45) is 11.8 Å². The molecule has 135 heavy (non-hydrogen) atoms. The van der Waals surface area contributed by atoms with Gasteiger partial charge in [-0.1, -0.05) is 291 Å². The molecule has 0 bridgehead atoms. The van der Waals surface area contributed by atoms with Crippen LogP contribution >= 0.6 is 0 Å². The van der Waals surface area contributed by atoms with Crippen molar-refractivity contribution in [3.05, 3.63) is 502 Å². The molecule has 19 aromatic rings. The Balaban J connectivity index is 0.000000194. The van der Waals surface area contributed by atoms with Crippen LogP contribution in [0.1, 0.15) is 96.0 Å². The number of hydrogen-bond donors (Lipinski definition) is 0. The van der Waals surface area contributed by atoms with E-state index in [1.165, 1.54) is 83.5 Å². The van der Waals surface area contributed by atoms with E-state index in [1.54, 1.807) is 12.4 Å². The minimum absolute atomic E-state index is 0. The average Bonchev–Trinajstić information content (AvgIpc) is 0.970. The van der Waals surface area contributed by atoms with E-state index >= 15 is 0 Å². The number of rotatable bonds is 17. The van der Waals surface area contributed by atoms with Crippen molar-refractivity contribution in [2.45, 2.75) is 93.4 Å². The minimum Gasteiger partial charge on any atom is -0.305 e. The topological polar surface area (TPSA) is 90.2 Å². The molecule has 0 aliphatic carbocycles. The first-order valence-corrected chi connectivity index (χ1v) is 44.4. The fourth-order valence-corrected chi connectivity index (χ4v) is 14.3. The van der Waals surface area contributed by atoms with Crippen LogP contribution in [0, 0.1) is 61.2 Å². The zero-order chi connectivity index (χ0) is 90.5. The van der Waals surface area contributed by atoms with Crippen molar-refractivity contribution in [3.63, 3.8) is 0 Å². The monoisotopic (exact) mass is 2650 g/mol. The molecule has 7 nitrogen and oxygen atoms in total. The summed E-state index contributed by atoms with van der Waals surface area (Å²) in [5, 5.41) is 0. The van der Waals surface area contributed by atoms with Gasteiger partial charge in [0.25, 0.3) is 0 Å². The Bertz CT molecular complexity index is 6320. The fraction of sp³-hybridized carbons (Fsp3) is 0.130. The number of nitrogens with zero attached hydrogens (tertiary/aromatic N) is 7. The molecular weight excluding hydrogens is 2540 g/mol. The van der Waals surface area contributed by atoms with Gasteiger partial charge in [-0.15, -0.1) is 249 Å². The van der Waals surface area contributed by atoms with Gasteiger partial charge in [0.2, 0.25) is 0 Å². The van der Waals surface area contributed by atoms with Gasteiger partial charge in [0.15, 0.2) is 0 Å². The van der Waals surface area contributed by atoms with Crippen LogP contribution in [0.5, 0.6) is 0 Å². The van der Waals surface area contributed by atoms with Crippen molar-refractivity contribution < 1.29 is 101 Å². The molecule has 12 heteroatoms. The predicted molar refractivity (Wildman–Crippen MR) is 541 cm³/mol. The number of hydrogen-bond acceptors (Lipinski definition) is 7. The van der Waals surface area contributed by atoms with Crippen molar-refractivity contribution >= 4 is 0 Å². The number of benzene rings is 12. The molecule has 7 heterocycles. The summed E-state index contributed by atoms with van der Waals surface area (Å²) >= 11 is 0. The van der Waals surface area contributed by atoms with E-state index in [4.69, 9.17) is 0 Å². The smallest absolute Gasteiger partial charge is 0.0190 e. The summed E-state index contributed by atoms with van der Waals surface area (Å²) in [7, 11) is 0. The Labute approximate surface area is 868 Å². The molecule has 7 aromatic heterocycles. The van der Waals surface area contributed by atoms with Gasteiger partial charge in [-0.25, -0.2) is 0 Å². The van der Waals surface area contributed by atoms with E-state index in [9.17, 15) is 0 Å². The quantitative estimate of drug-likeness (QED) is 0.0839. The molecule has 0 amide bonds. The van der Waals surface area contributed by atoms with Gasteiger partial charge in [-0.05, 0) is 158 Å². The summed E-state index contributed by atoms with van der Waals surface area (Å²) in [5.41, 5.74) is 32.7. The molecule has 0 fully saturated rings. The zero-order valence-corrected chi connectivity index (χ0v) is 89.4. The molecule has 12 aromatic carbocycles. The number of aromatic nitrogens is 7. The molecule has 5 radical (unpaired) electrons. The maximum atomic E-state index is 4.53. The van der Waals surface area contributed by atoms with Gasteiger partial charge in [-0.2, -0.15) is 0 Å². The molecule has 0 N–H and O–H groups in total. The first kappa shape index (κ1) is 108. The van der Waals surface area contributed by atoms with E-state index in [1.807, 2.05) is 190 Å². The van der Waals surface area contributed by atoms with E-state index in [0.29, 0.717) is 17.8 Å². The Morgan fingerprint density at radius 3 is 0.815 bits per heavy atom. The second kappa shape index (κ2) is 57.0. The molecule has 0 saturated heterocycles. The molecule has 0 aliphatic rings. The minimum atomic E-state index is 0. The summed E-state index contributed by atoms with van der Waals surface area (Å²) in [6, 6.07) is 154. The number of pyridine rings is 7. The van der Waals surface area contributed by atoms with Crippen molar-refractivity contribution in [1.82, 2.24) is 34.9 Å². The average molecular weight is 2650 g/mol. The van der Waals surface area contributed by atoms with Crippen LogP contribution in [0.3, 0.4) is 0 Å². The standard InChI is InChI=1S/3C21H20N.C20H18N.C18H14N.2C11H8N.5Ir/c1-21(2,3)19-12-13-22-20(15-19)18-11-7-10-17(14-18)16-8-5-4-6-9-16;2*1-16(2)13-17-11-12-22-21(14-17)20-10-6-9-19(15-20)18-7-4-3-5-8-18;1-15(2)17-11-12-21-20(14-17)19-10-6-9-18(13-19)16-7-4-3-5-8-16;1-14-10-11-18(19-13-14)17-9-5-8-16(12-17)15-6-3-2-4-7-15;2*1-2-6-10(7-3-1)11-8-4-5-9-12-11;;;;;/h4-10,12-15H,1-3H3;2*3-9,11-12,14-16H,13H2,1-2H3;3-9,11-15H,1-2H3;2-8,10-13H,1H3;2*1-6,8-9H;;;;;/q7*-1;;;;;. The van der Waals surface area contributed by atoms with Gasteiger partial charge < -0.3 is 34.9 Å². The summed E-state index contributed by atoms with van der Waals surface area (Å²) in [5.74, 6) is 1.80. The molecule has 687 valence electrons. The van der Waals surface area contributed by atoms with Gasteiger partial charge >= 0.3 is 0 Å². The van der Waals surface area contributed by atoms with E-state index in [0.717, 1.165) is 91.6 Å². The summed E-state index contributed by atoms with van der Waals surface area (Å²) in [6.45, 7) is 22.0. The maximum Gasteiger partial charge on any atom is 0.0190 e. The SMILES string of the molecule is CC(C)(C)c1ccnc(-c2[c-]ccc(-c3ccccc3)c2)c1.CC(C)Cc1ccnc(-c2[c-]ccc(-c3ccccc3)c2)c1.CC(C)Cc1ccnc(-c2[c-]ccc(-c3ccccc3)c2)c1.CC(C)c1ccnc(-c2[c-]ccc(-c3ccccc3)c2)c1.Cc1ccc(-c2[c-]ccc(-c3ccccc3)c2)nc1.[Ir].[Ir].[Ir].[Ir].[Ir].[c-]1ccccc1-c1ccccn1.[c-]1ccccc1-c1ccccn1. The number of aryl methyl sites for hydroxylation is 1. The Kier molecular flexibility index (Phi) is 45.7. The molecule has 0 saturated carbocycles. The fourth-order valence-electron chi connectivity index (χ4n) is 14.3. The first-order chi connectivity index (χ1) is 63.5. The van der Waals surface area contributed by atoms with Crippen molar-refractivity contribution in [1.29, 1.82) is 0 Å². The van der Waals surface area contributed by atoms with Crippen molar-refractivity contribution in [2.75, 3.05) is 0 Å². The van der Waals surface area contributed by atoms with Crippen LogP contribution in [0.4, 0.5) is 0 Å². The van der Waals surface area contributed by atoms with Crippen LogP contribution in [0.2, 0.25) is 0 Å². The molecule has 0 atom stereocenters. The molecule has 0 spiro atoms. The molecule has 0 unspecified atom stereocenters. The third kappa shape index (κ3) is 34.4.